The van der Waals surface area contributed by atoms with Crippen LogP contribution in [0.1, 0.15) is 45.1 Å². The third-order valence-corrected chi connectivity index (χ3v) is 6.16. The average molecular weight is 425 g/mol. The van der Waals surface area contributed by atoms with Crippen molar-refractivity contribution in [1.82, 2.24) is 15.2 Å². The Morgan fingerprint density at radius 1 is 1.07 bits per heavy atom. The van der Waals surface area contributed by atoms with E-state index in [1.165, 1.54) is 11.3 Å². The Balaban J connectivity index is 1.92. The topological polar surface area (TPSA) is 74.3 Å². The van der Waals surface area contributed by atoms with E-state index < -0.39 is 0 Å². The van der Waals surface area contributed by atoms with Crippen LogP contribution in [0.4, 0.5) is 5.69 Å². The number of aromatic nitrogens is 1. The van der Waals surface area contributed by atoms with Gasteiger partial charge in [0.25, 0.3) is 11.8 Å². The predicted octanol–water partition coefficient (Wildman–Crippen LogP) is 4.24. The molecule has 6 nitrogen and oxygen atoms in total. The number of amides is 2. The lowest BCUT2D eigenvalue weighted by Crippen LogP contribution is -2.34. The quantitative estimate of drug-likeness (QED) is 0.567. The highest BCUT2D eigenvalue weighted by atomic mass is 32.1. The number of rotatable bonds is 8. The molecule has 0 saturated heterocycles. The molecule has 2 aromatic heterocycles. The first kappa shape index (κ1) is 21.9. The summed E-state index contributed by atoms with van der Waals surface area (Å²) in [7, 11) is 0. The van der Waals surface area contributed by atoms with Crippen molar-refractivity contribution in [3.63, 3.8) is 0 Å². The van der Waals surface area contributed by atoms with Crippen LogP contribution < -0.4 is 10.6 Å². The zero-order valence-corrected chi connectivity index (χ0v) is 18.7. The van der Waals surface area contributed by atoms with Crippen molar-refractivity contribution in [2.75, 3.05) is 31.5 Å². The van der Waals surface area contributed by atoms with Crippen molar-refractivity contribution in [2.24, 2.45) is 0 Å². The molecule has 0 atom stereocenters. The van der Waals surface area contributed by atoms with Gasteiger partial charge in [0.05, 0.1) is 5.69 Å². The van der Waals surface area contributed by atoms with E-state index >= 15 is 0 Å². The molecule has 0 fully saturated rings. The molecule has 0 aliphatic heterocycles. The van der Waals surface area contributed by atoms with E-state index in [0.29, 0.717) is 22.7 Å². The monoisotopic (exact) mass is 424 g/mol. The lowest BCUT2D eigenvalue weighted by Gasteiger charge is -2.18. The van der Waals surface area contributed by atoms with Crippen LogP contribution in [0.25, 0.3) is 10.2 Å². The lowest BCUT2D eigenvalue weighted by molar-refractivity contribution is 0.0954. The van der Waals surface area contributed by atoms with Gasteiger partial charge in [-0.3, -0.25) is 9.59 Å². The average Bonchev–Trinajstić information content (AvgIpc) is 3.10. The largest absolute Gasteiger partial charge is 0.350 e. The SMILES string of the molecule is CCN(CC)CCNC(=O)c1sc2nc(C)cc(C)c2c1NC(=O)c1ccccc1. The maximum atomic E-state index is 13.0. The number of pyridine rings is 1. The molecule has 0 unspecified atom stereocenters. The highest BCUT2D eigenvalue weighted by molar-refractivity contribution is 7.21. The van der Waals surface area contributed by atoms with Crippen molar-refractivity contribution in [2.45, 2.75) is 27.7 Å². The van der Waals surface area contributed by atoms with Gasteiger partial charge >= 0.3 is 0 Å². The number of nitrogens with one attached hydrogen (secondary N) is 2. The minimum atomic E-state index is -0.243. The Morgan fingerprint density at radius 2 is 1.77 bits per heavy atom. The first-order valence-electron chi connectivity index (χ1n) is 10.2. The Morgan fingerprint density at radius 3 is 2.43 bits per heavy atom. The summed E-state index contributed by atoms with van der Waals surface area (Å²) in [5.74, 6) is -0.432. The van der Waals surface area contributed by atoms with Crippen LogP contribution in [0.2, 0.25) is 0 Å². The van der Waals surface area contributed by atoms with Gasteiger partial charge in [0, 0.05) is 29.7 Å². The maximum Gasteiger partial charge on any atom is 0.263 e. The molecule has 3 rings (SSSR count). The number of carbonyl (C=O) groups is 2. The Labute approximate surface area is 181 Å². The third kappa shape index (κ3) is 4.86. The second-order valence-corrected chi connectivity index (χ2v) is 8.17. The van der Waals surface area contributed by atoms with Crippen LogP contribution >= 0.6 is 11.3 Å². The molecule has 0 spiro atoms. The molecule has 2 amide bonds. The second kappa shape index (κ2) is 9.82. The van der Waals surface area contributed by atoms with Gasteiger partial charge < -0.3 is 15.5 Å². The van der Waals surface area contributed by atoms with Gasteiger partial charge in [0.2, 0.25) is 0 Å². The molecule has 2 N–H and O–H groups in total. The third-order valence-electron chi connectivity index (χ3n) is 5.08. The molecule has 0 aliphatic carbocycles. The molecule has 0 radical (unpaired) electrons. The number of thiophene rings is 1. The molecule has 2 heterocycles. The summed E-state index contributed by atoms with van der Waals surface area (Å²) in [5.41, 5.74) is 2.95. The molecule has 3 aromatic rings. The number of benzene rings is 1. The Hall–Kier alpha value is -2.77. The van der Waals surface area contributed by atoms with E-state index in [0.717, 1.165) is 41.1 Å². The van der Waals surface area contributed by atoms with Crippen LogP contribution in [-0.2, 0) is 0 Å². The number of hydrogen-bond donors (Lipinski definition) is 2. The number of anilines is 1. The van der Waals surface area contributed by atoms with Crippen LogP contribution in [-0.4, -0.2) is 47.9 Å². The number of hydrogen-bond acceptors (Lipinski definition) is 5. The van der Waals surface area contributed by atoms with Crippen LogP contribution in [0.3, 0.4) is 0 Å². The van der Waals surface area contributed by atoms with E-state index in [2.05, 4.69) is 34.4 Å². The molecule has 158 valence electrons. The van der Waals surface area contributed by atoms with Crippen molar-refractivity contribution in [3.05, 3.63) is 58.1 Å². The van der Waals surface area contributed by atoms with Crippen molar-refractivity contribution in [3.8, 4) is 0 Å². The zero-order valence-electron chi connectivity index (χ0n) is 17.9. The fourth-order valence-electron chi connectivity index (χ4n) is 3.44. The molecule has 30 heavy (non-hydrogen) atoms. The van der Waals surface area contributed by atoms with Gasteiger partial charge in [-0.05, 0) is 50.7 Å². The second-order valence-electron chi connectivity index (χ2n) is 7.17. The van der Waals surface area contributed by atoms with Crippen molar-refractivity contribution >= 4 is 39.1 Å². The molecular weight excluding hydrogens is 396 g/mol. The molecule has 0 saturated carbocycles. The highest BCUT2D eigenvalue weighted by Gasteiger charge is 2.23. The summed E-state index contributed by atoms with van der Waals surface area (Å²) in [6, 6.07) is 11.0. The van der Waals surface area contributed by atoms with Crippen LogP contribution in [0, 0.1) is 13.8 Å². The van der Waals surface area contributed by atoms with Gasteiger partial charge in [0.1, 0.15) is 9.71 Å². The van der Waals surface area contributed by atoms with Gasteiger partial charge in [-0.15, -0.1) is 11.3 Å². The van der Waals surface area contributed by atoms with Crippen LogP contribution in [0.5, 0.6) is 0 Å². The highest BCUT2D eigenvalue weighted by Crippen LogP contribution is 2.37. The van der Waals surface area contributed by atoms with Crippen molar-refractivity contribution in [1.29, 1.82) is 0 Å². The lowest BCUT2D eigenvalue weighted by atomic mass is 10.1. The van der Waals surface area contributed by atoms with Gasteiger partial charge in [-0.25, -0.2) is 4.98 Å². The van der Waals surface area contributed by atoms with Crippen LogP contribution in [0.15, 0.2) is 36.4 Å². The fraction of sp³-hybridized carbons (Fsp3) is 0.348. The number of carbonyl (C=O) groups excluding carboxylic acids is 2. The standard InChI is InChI=1S/C23H28N4O2S/c1-5-27(6-2)13-12-24-22(29)20-19(26-21(28)17-10-8-7-9-11-17)18-15(3)14-16(4)25-23(18)30-20/h7-11,14H,5-6,12-13H2,1-4H3,(H,24,29)(H,26,28). The summed E-state index contributed by atoms with van der Waals surface area (Å²) in [6.07, 6.45) is 0. The normalized spacial score (nSPS) is 11.1. The Kier molecular flexibility index (Phi) is 7.18. The summed E-state index contributed by atoms with van der Waals surface area (Å²) in [4.78, 5) is 33.9. The van der Waals surface area contributed by atoms with Gasteiger partial charge in [-0.1, -0.05) is 32.0 Å². The van der Waals surface area contributed by atoms with Crippen molar-refractivity contribution < 1.29 is 9.59 Å². The van der Waals surface area contributed by atoms with E-state index in [9.17, 15) is 9.59 Å². The summed E-state index contributed by atoms with van der Waals surface area (Å²) >= 11 is 1.32. The van der Waals surface area contributed by atoms with Gasteiger partial charge in [-0.2, -0.15) is 0 Å². The van der Waals surface area contributed by atoms with E-state index in [-0.39, 0.29) is 11.8 Å². The molecule has 1 aromatic carbocycles. The first-order valence-corrected chi connectivity index (χ1v) is 11.0. The summed E-state index contributed by atoms with van der Waals surface area (Å²) in [6.45, 7) is 11.3. The molecule has 0 aliphatic rings. The smallest absolute Gasteiger partial charge is 0.263 e. The number of aryl methyl sites for hydroxylation is 2. The predicted molar refractivity (Wildman–Crippen MR) is 124 cm³/mol. The van der Waals surface area contributed by atoms with E-state index in [1.807, 2.05) is 38.1 Å². The number of fused-ring (bicyclic) bond motifs is 1. The van der Waals surface area contributed by atoms with E-state index in [1.54, 1.807) is 12.1 Å². The fourth-order valence-corrected chi connectivity index (χ4v) is 4.61. The summed E-state index contributed by atoms with van der Waals surface area (Å²) in [5, 5.41) is 6.79. The Bertz CT molecular complexity index is 1040. The number of likely N-dealkylation sites (N-methyl/N-ethyl adjacent to an activating group) is 1. The van der Waals surface area contributed by atoms with E-state index in [4.69, 9.17) is 0 Å². The zero-order chi connectivity index (χ0) is 21.7. The number of nitrogens with zero attached hydrogens (tertiary/aromatic N) is 2. The summed E-state index contributed by atoms with van der Waals surface area (Å²) < 4.78 is 0. The first-order chi connectivity index (χ1) is 14.4. The molecular formula is C23H28N4O2S. The molecule has 0 bridgehead atoms. The van der Waals surface area contributed by atoms with Gasteiger partial charge in [0.15, 0.2) is 0 Å². The minimum absolute atomic E-state index is 0.189. The molecule has 7 heteroatoms. The maximum absolute atomic E-state index is 13.0. The minimum Gasteiger partial charge on any atom is -0.350 e.